The molecule has 0 aliphatic heterocycles. The lowest BCUT2D eigenvalue weighted by Gasteiger charge is -2.07. The predicted molar refractivity (Wildman–Crippen MR) is 50.7 cm³/mol. The summed E-state index contributed by atoms with van der Waals surface area (Å²) in [6.07, 6.45) is -6.63. The molecule has 0 radical (unpaired) electrons. The second-order valence-corrected chi connectivity index (χ2v) is 3.62. The molecule has 17 heavy (non-hydrogen) atoms. The van der Waals surface area contributed by atoms with Crippen molar-refractivity contribution in [2.45, 2.75) is 25.9 Å². The molecule has 0 fully saturated rings. The van der Waals surface area contributed by atoms with Gasteiger partial charge in [-0.05, 0) is 18.6 Å². The molecule has 0 atom stereocenters. The van der Waals surface area contributed by atoms with Crippen LogP contribution in [0.5, 0.6) is 0 Å². The molecule has 0 aliphatic carbocycles. The van der Waals surface area contributed by atoms with Gasteiger partial charge in [0.05, 0.1) is 12.0 Å². The summed E-state index contributed by atoms with van der Waals surface area (Å²) in [4.78, 5) is 11.3. The summed E-state index contributed by atoms with van der Waals surface area (Å²) in [6.45, 7) is 1.30. The highest BCUT2D eigenvalue weighted by atomic mass is 19.4. The van der Waals surface area contributed by atoms with Gasteiger partial charge in [0, 0.05) is 12.5 Å². The first kappa shape index (κ1) is 13.6. The molecule has 0 aromatic heterocycles. The van der Waals surface area contributed by atoms with Crippen LogP contribution in [-0.2, 0) is 0 Å². The van der Waals surface area contributed by atoms with Gasteiger partial charge in [-0.2, -0.15) is 13.2 Å². The summed E-state index contributed by atoms with van der Waals surface area (Å²) in [5.74, 6) is -2.96. The second kappa shape index (κ2) is 4.81. The number of rotatable bonds is 3. The molecule has 6 heteroatoms. The van der Waals surface area contributed by atoms with E-state index in [4.69, 9.17) is 0 Å². The topological polar surface area (TPSA) is 17.1 Å². The van der Waals surface area contributed by atoms with E-state index >= 15 is 0 Å². The van der Waals surface area contributed by atoms with Crippen molar-refractivity contribution in [3.63, 3.8) is 0 Å². The standard InChI is InChI=1S/C11H9F5O/c1-6-4-7(9(13)5-8(6)12)10(17)2-3-11(14,15)16/h4-5H,2-3H2,1H3. The number of ketones is 1. The summed E-state index contributed by atoms with van der Waals surface area (Å²) in [5, 5.41) is 0. The summed E-state index contributed by atoms with van der Waals surface area (Å²) in [5.41, 5.74) is -0.491. The number of carbonyl (C=O) groups excluding carboxylic acids is 1. The Morgan fingerprint density at radius 3 is 2.29 bits per heavy atom. The molecule has 1 nitrogen and oxygen atoms in total. The Morgan fingerprint density at radius 1 is 1.18 bits per heavy atom. The summed E-state index contributed by atoms with van der Waals surface area (Å²) < 4.78 is 61.6. The van der Waals surface area contributed by atoms with Crippen LogP contribution in [0.25, 0.3) is 0 Å². The number of Topliss-reactive ketones (excluding diaryl/α,β-unsaturated/α-hetero) is 1. The van der Waals surface area contributed by atoms with E-state index in [-0.39, 0.29) is 5.56 Å². The highest BCUT2D eigenvalue weighted by Gasteiger charge is 2.28. The fraction of sp³-hybridized carbons (Fsp3) is 0.364. The summed E-state index contributed by atoms with van der Waals surface area (Å²) in [7, 11) is 0. The molecule has 0 amide bonds. The maximum atomic E-state index is 13.2. The van der Waals surface area contributed by atoms with E-state index in [0.717, 1.165) is 6.07 Å². The smallest absolute Gasteiger partial charge is 0.294 e. The van der Waals surface area contributed by atoms with Crippen LogP contribution < -0.4 is 0 Å². The maximum Gasteiger partial charge on any atom is 0.389 e. The fourth-order valence-electron chi connectivity index (χ4n) is 1.26. The molecule has 0 bridgehead atoms. The number of halogens is 5. The van der Waals surface area contributed by atoms with Gasteiger partial charge in [-0.25, -0.2) is 8.78 Å². The first-order valence-corrected chi connectivity index (χ1v) is 4.76. The third kappa shape index (κ3) is 3.80. The fourth-order valence-corrected chi connectivity index (χ4v) is 1.26. The van der Waals surface area contributed by atoms with Crippen LogP contribution in [0.3, 0.4) is 0 Å². The van der Waals surface area contributed by atoms with Gasteiger partial charge < -0.3 is 0 Å². The molecule has 0 aliphatic rings. The number of hydrogen-bond acceptors (Lipinski definition) is 1. The molecule has 0 N–H and O–H groups in total. The van der Waals surface area contributed by atoms with Crippen LogP contribution in [0.2, 0.25) is 0 Å². The zero-order chi connectivity index (χ0) is 13.2. The molecular formula is C11H9F5O. The lowest BCUT2D eigenvalue weighted by atomic mass is 10.0. The molecule has 1 rings (SSSR count). The van der Waals surface area contributed by atoms with Crippen molar-refractivity contribution in [1.82, 2.24) is 0 Å². The Morgan fingerprint density at radius 2 is 1.76 bits per heavy atom. The Labute approximate surface area is 94.2 Å². The van der Waals surface area contributed by atoms with Gasteiger partial charge in [-0.1, -0.05) is 0 Å². The average Bonchev–Trinajstić information content (AvgIpc) is 2.19. The van der Waals surface area contributed by atoms with Gasteiger partial charge in [-0.15, -0.1) is 0 Å². The summed E-state index contributed by atoms with van der Waals surface area (Å²) in [6, 6.07) is 1.42. The molecule has 1 aromatic rings. The minimum absolute atomic E-state index is 0.0155. The molecule has 1 aromatic carbocycles. The van der Waals surface area contributed by atoms with Crippen LogP contribution in [0.15, 0.2) is 12.1 Å². The van der Waals surface area contributed by atoms with Crippen molar-refractivity contribution in [2.75, 3.05) is 0 Å². The highest BCUT2D eigenvalue weighted by Crippen LogP contribution is 2.24. The third-order valence-corrected chi connectivity index (χ3v) is 2.18. The van der Waals surface area contributed by atoms with Crippen LogP contribution in [0.1, 0.15) is 28.8 Å². The van der Waals surface area contributed by atoms with E-state index in [1.807, 2.05) is 0 Å². The molecular weight excluding hydrogens is 243 g/mol. The van der Waals surface area contributed by atoms with E-state index in [1.165, 1.54) is 6.92 Å². The zero-order valence-electron chi connectivity index (χ0n) is 8.87. The zero-order valence-corrected chi connectivity index (χ0v) is 8.87. The lowest BCUT2D eigenvalue weighted by Crippen LogP contribution is -2.12. The monoisotopic (exact) mass is 252 g/mol. The third-order valence-electron chi connectivity index (χ3n) is 2.18. The van der Waals surface area contributed by atoms with Crippen molar-refractivity contribution < 1.29 is 26.7 Å². The Kier molecular flexibility index (Phi) is 3.85. The Balaban J connectivity index is 2.86. The number of carbonyl (C=O) groups is 1. The second-order valence-electron chi connectivity index (χ2n) is 3.62. The van der Waals surface area contributed by atoms with Crippen molar-refractivity contribution in [3.05, 3.63) is 34.9 Å². The van der Waals surface area contributed by atoms with E-state index in [2.05, 4.69) is 0 Å². The lowest BCUT2D eigenvalue weighted by molar-refractivity contribution is -0.133. The predicted octanol–water partition coefficient (Wildman–Crippen LogP) is 3.80. The average molecular weight is 252 g/mol. The number of aryl methyl sites for hydroxylation is 1. The normalized spacial score (nSPS) is 11.6. The first-order chi connectivity index (χ1) is 7.70. The van der Waals surface area contributed by atoms with Gasteiger partial charge in [0.25, 0.3) is 0 Å². The molecule has 0 heterocycles. The molecule has 0 saturated carbocycles. The van der Waals surface area contributed by atoms with E-state index in [0.29, 0.717) is 6.07 Å². The van der Waals surface area contributed by atoms with Crippen molar-refractivity contribution in [2.24, 2.45) is 0 Å². The Hall–Kier alpha value is -1.46. The molecule has 0 spiro atoms. The molecule has 94 valence electrons. The van der Waals surface area contributed by atoms with Crippen LogP contribution in [0.4, 0.5) is 22.0 Å². The van der Waals surface area contributed by atoms with Crippen molar-refractivity contribution in [3.8, 4) is 0 Å². The van der Waals surface area contributed by atoms with E-state index in [9.17, 15) is 26.7 Å². The quantitative estimate of drug-likeness (QED) is 0.590. The van der Waals surface area contributed by atoms with Crippen LogP contribution in [-0.4, -0.2) is 12.0 Å². The summed E-state index contributed by atoms with van der Waals surface area (Å²) >= 11 is 0. The number of benzene rings is 1. The molecule has 0 unspecified atom stereocenters. The van der Waals surface area contributed by atoms with Gasteiger partial charge >= 0.3 is 6.18 Å². The molecule has 0 saturated heterocycles. The maximum absolute atomic E-state index is 13.2. The number of alkyl halides is 3. The van der Waals surface area contributed by atoms with Gasteiger partial charge in [0.15, 0.2) is 5.78 Å². The minimum atomic E-state index is -4.47. The van der Waals surface area contributed by atoms with Crippen molar-refractivity contribution in [1.29, 1.82) is 0 Å². The van der Waals surface area contributed by atoms with Gasteiger partial charge in [0.1, 0.15) is 11.6 Å². The van der Waals surface area contributed by atoms with E-state index in [1.54, 1.807) is 0 Å². The number of hydrogen-bond donors (Lipinski definition) is 0. The van der Waals surface area contributed by atoms with Gasteiger partial charge in [-0.3, -0.25) is 4.79 Å². The first-order valence-electron chi connectivity index (χ1n) is 4.76. The van der Waals surface area contributed by atoms with Crippen LogP contribution >= 0.6 is 0 Å². The van der Waals surface area contributed by atoms with Crippen LogP contribution in [0, 0.1) is 18.6 Å². The van der Waals surface area contributed by atoms with Crippen molar-refractivity contribution >= 4 is 5.78 Å². The SMILES string of the molecule is Cc1cc(C(=O)CCC(F)(F)F)c(F)cc1F. The minimum Gasteiger partial charge on any atom is -0.294 e. The van der Waals surface area contributed by atoms with E-state index < -0.39 is 42.0 Å². The van der Waals surface area contributed by atoms with Gasteiger partial charge in [0.2, 0.25) is 0 Å². The Bertz CT molecular complexity index is 436. The highest BCUT2D eigenvalue weighted by molar-refractivity contribution is 5.96. The largest absolute Gasteiger partial charge is 0.389 e.